The van der Waals surface area contributed by atoms with E-state index in [2.05, 4.69) is 22.0 Å². The van der Waals surface area contributed by atoms with Crippen molar-refractivity contribution in [2.45, 2.75) is 52.0 Å². The monoisotopic (exact) mass is 295 g/mol. The van der Waals surface area contributed by atoms with Crippen LogP contribution in [0.25, 0.3) is 0 Å². The minimum Gasteiger partial charge on any atom is -0.342 e. The molecule has 0 saturated carbocycles. The highest BCUT2D eigenvalue weighted by atomic mass is 16.2. The fraction of sp³-hybridized carbons (Fsp3) is 0.941. The number of hydrogen-bond acceptors (Lipinski definition) is 3. The molecule has 2 saturated heterocycles. The zero-order chi connectivity index (χ0) is 15.2. The van der Waals surface area contributed by atoms with Crippen LogP contribution in [-0.2, 0) is 4.79 Å². The molecule has 3 unspecified atom stereocenters. The molecule has 21 heavy (non-hydrogen) atoms. The van der Waals surface area contributed by atoms with Crippen molar-refractivity contribution in [3.05, 3.63) is 0 Å². The van der Waals surface area contributed by atoms with Crippen molar-refractivity contribution in [2.24, 2.45) is 11.8 Å². The maximum absolute atomic E-state index is 12.5. The Balaban J connectivity index is 1.84. The molecule has 3 atom stereocenters. The Bertz CT molecular complexity index is 334. The molecule has 122 valence electrons. The van der Waals surface area contributed by atoms with Gasteiger partial charge in [0.05, 0.1) is 0 Å². The van der Waals surface area contributed by atoms with E-state index in [0.717, 1.165) is 25.7 Å². The molecule has 2 rings (SSSR count). The summed E-state index contributed by atoms with van der Waals surface area (Å²) in [6.45, 7) is 9.54. The van der Waals surface area contributed by atoms with Crippen LogP contribution in [0, 0.1) is 11.8 Å². The Kier molecular flexibility index (Phi) is 6.49. The van der Waals surface area contributed by atoms with Gasteiger partial charge in [0.15, 0.2) is 0 Å². The van der Waals surface area contributed by atoms with Gasteiger partial charge in [-0.1, -0.05) is 13.3 Å². The molecule has 2 aliphatic rings. The van der Waals surface area contributed by atoms with Crippen molar-refractivity contribution < 1.29 is 4.79 Å². The first-order valence-electron chi connectivity index (χ1n) is 8.79. The number of amides is 1. The lowest BCUT2D eigenvalue weighted by atomic mass is 9.94. The number of carbonyl (C=O) groups excluding carboxylic acids is 1. The van der Waals surface area contributed by atoms with Crippen LogP contribution in [0.5, 0.6) is 0 Å². The van der Waals surface area contributed by atoms with Gasteiger partial charge in [-0.3, -0.25) is 4.79 Å². The van der Waals surface area contributed by atoms with Gasteiger partial charge in [-0.2, -0.15) is 0 Å². The quantitative estimate of drug-likeness (QED) is 0.842. The second kappa shape index (κ2) is 8.14. The number of piperidine rings is 2. The summed E-state index contributed by atoms with van der Waals surface area (Å²) in [6, 6.07) is 0.730. The van der Waals surface area contributed by atoms with E-state index in [1.807, 2.05) is 14.0 Å². The van der Waals surface area contributed by atoms with Gasteiger partial charge in [-0.25, -0.2) is 0 Å². The molecule has 0 aromatic rings. The van der Waals surface area contributed by atoms with Crippen LogP contribution in [0.3, 0.4) is 0 Å². The van der Waals surface area contributed by atoms with Gasteiger partial charge >= 0.3 is 0 Å². The first-order chi connectivity index (χ1) is 10.1. The lowest BCUT2D eigenvalue weighted by molar-refractivity contribution is -0.136. The third kappa shape index (κ3) is 4.68. The van der Waals surface area contributed by atoms with E-state index < -0.39 is 0 Å². The first kappa shape index (κ1) is 16.8. The zero-order valence-corrected chi connectivity index (χ0v) is 14.1. The largest absolute Gasteiger partial charge is 0.342 e. The molecule has 1 amide bonds. The van der Waals surface area contributed by atoms with Crippen molar-refractivity contribution in [2.75, 3.05) is 39.8 Å². The SMILES string of the molecule is CNCC(C)C(=O)N1CCCC(CN2CCCCC2C)C1. The normalized spacial score (nSPS) is 29.4. The summed E-state index contributed by atoms with van der Waals surface area (Å²) >= 11 is 0. The molecule has 0 aromatic heterocycles. The predicted molar refractivity (Wildman–Crippen MR) is 87.3 cm³/mol. The summed E-state index contributed by atoms with van der Waals surface area (Å²) < 4.78 is 0. The van der Waals surface area contributed by atoms with Gasteiger partial charge in [0, 0.05) is 38.1 Å². The Labute approximate surface area is 130 Å². The lowest BCUT2D eigenvalue weighted by Gasteiger charge is -2.40. The average Bonchev–Trinajstić information content (AvgIpc) is 2.49. The van der Waals surface area contributed by atoms with Crippen molar-refractivity contribution in [3.8, 4) is 0 Å². The Morgan fingerprint density at radius 1 is 1.24 bits per heavy atom. The van der Waals surface area contributed by atoms with Crippen LogP contribution >= 0.6 is 0 Å². The standard InChI is InChI=1S/C17H33N3O/c1-14(11-18-3)17(21)20-10-6-8-16(13-20)12-19-9-5-4-7-15(19)2/h14-16,18H,4-13H2,1-3H3. The molecule has 0 radical (unpaired) electrons. The molecule has 4 nitrogen and oxygen atoms in total. The molecule has 0 aromatic carbocycles. The molecule has 2 fully saturated rings. The third-order valence-corrected chi connectivity index (χ3v) is 5.20. The fourth-order valence-corrected chi connectivity index (χ4v) is 3.88. The third-order valence-electron chi connectivity index (χ3n) is 5.20. The number of nitrogens with zero attached hydrogens (tertiary/aromatic N) is 2. The Morgan fingerprint density at radius 2 is 2.05 bits per heavy atom. The van der Waals surface area contributed by atoms with Crippen molar-refractivity contribution in [3.63, 3.8) is 0 Å². The molecule has 4 heteroatoms. The van der Waals surface area contributed by atoms with Gasteiger partial charge < -0.3 is 15.1 Å². The van der Waals surface area contributed by atoms with Crippen LogP contribution < -0.4 is 5.32 Å². The van der Waals surface area contributed by atoms with Gasteiger partial charge in [-0.05, 0) is 52.1 Å². The number of carbonyl (C=O) groups is 1. The van der Waals surface area contributed by atoms with Crippen LogP contribution in [0.4, 0.5) is 0 Å². The summed E-state index contributed by atoms with van der Waals surface area (Å²) in [6.07, 6.45) is 6.53. The zero-order valence-electron chi connectivity index (χ0n) is 14.1. The van der Waals surface area contributed by atoms with E-state index in [1.165, 1.54) is 45.2 Å². The molecule has 0 spiro atoms. The molecular formula is C17H33N3O. The molecular weight excluding hydrogens is 262 g/mol. The van der Waals surface area contributed by atoms with E-state index in [0.29, 0.717) is 11.8 Å². The van der Waals surface area contributed by atoms with Crippen LogP contribution in [0.15, 0.2) is 0 Å². The van der Waals surface area contributed by atoms with Gasteiger partial charge in [0.25, 0.3) is 0 Å². The second-order valence-electron chi connectivity index (χ2n) is 7.09. The Hall–Kier alpha value is -0.610. The number of hydrogen-bond donors (Lipinski definition) is 1. The highest BCUT2D eigenvalue weighted by Crippen LogP contribution is 2.23. The van der Waals surface area contributed by atoms with Crippen LogP contribution in [-0.4, -0.2) is 61.5 Å². The van der Waals surface area contributed by atoms with Crippen molar-refractivity contribution in [1.82, 2.24) is 15.1 Å². The molecule has 2 aliphatic heterocycles. The highest BCUT2D eigenvalue weighted by Gasteiger charge is 2.29. The van der Waals surface area contributed by atoms with E-state index in [1.54, 1.807) is 0 Å². The maximum Gasteiger partial charge on any atom is 0.226 e. The van der Waals surface area contributed by atoms with E-state index in [4.69, 9.17) is 0 Å². The minimum absolute atomic E-state index is 0.0997. The maximum atomic E-state index is 12.5. The van der Waals surface area contributed by atoms with Gasteiger partial charge in [0.2, 0.25) is 5.91 Å². The van der Waals surface area contributed by atoms with Crippen LogP contribution in [0.2, 0.25) is 0 Å². The Morgan fingerprint density at radius 3 is 2.76 bits per heavy atom. The van der Waals surface area contributed by atoms with E-state index in [-0.39, 0.29) is 5.92 Å². The summed E-state index contributed by atoms with van der Waals surface area (Å²) in [5.41, 5.74) is 0. The average molecular weight is 295 g/mol. The van der Waals surface area contributed by atoms with E-state index >= 15 is 0 Å². The minimum atomic E-state index is 0.0997. The fourth-order valence-electron chi connectivity index (χ4n) is 3.88. The molecule has 0 aliphatic carbocycles. The van der Waals surface area contributed by atoms with Crippen molar-refractivity contribution >= 4 is 5.91 Å². The molecule has 0 bridgehead atoms. The topological polar surface area (TPSA) is 35.6 Å². The lowest BCUT2D eigenvalue weighted by Crippen LogP contribution is -2.48. The van der Waals surface area contributed by atoms with Gasteiger partial charge in [0.1, 0.15) is 0 Å². The molecule has 2 heterocycles. The van der Waals surface area contributed by atoms with Gasteiger partial charge in [-0.15, -0.1) is 0 Å². The summed E-state index contributed by atoms with van der Waals surface area (Å²) in [4.78, 5) is 17.2. The van der Waals surface area contributed by atoms with Crippen molar-refractivity contribution in [1.29, 1.82) is 0 Å². The highest BCUT2D eigenvalue weighted by molar-refractivity contribution is 5.78. The van der Waals surface area contributed by atoms with E-state index in [9.17, 15) is 4.79 Å². The first-order valence-corrected chi connectivity index (χ1v) is 8.79. The number of nitrogens with one attached hydrogen (secondary N) is 1. The predicted octanol–water partition coefficient (Wildman–Crippen LogP) is 1.95. The summed E-state index contributed by atoms with van der Waals surface area (Å²) in [5, 5.41) is 3.11. The number of likely N-dealkylation sites (tertiary alicyclic amines) is 2. The smallest absolute Gasteiger partial charge is 0.226 e. The summed E-state index contributed by atoms with van der Waals surface area (Å²) in [5.74, 6) is 1.11. The number of rotatable bonds is 5. The second-order valence-corrected chi connectivity index (χ2v) is 7.09. The van der Waals surface area contributed by atoms with Crippen LogP contribution in [0.1, 0.15) is 46.0 Å². The summed E-state index contributed by atoms with van der Waals surface area (Å²) in [7, 11) is 1.92. The molecule has 1 N–H and O–H groups in total.